The summed E-state index contributed by atoms with van der Waals surface area (Å²) in [6, 6.07) is 4.43. The molecule has 0 spiro atoms. The third kappa shape index (κ3) is 6.25. The van der Waals surface area contributed by atoms with Crippen molar-refractivity contribution < 1.29 is 31.1 Å². The third-order valence-corrected chi connectivity index (χ3v) is 5.58. The van der Waals surface area contributed by atoms with Gasteiger partial charge in [-0.3, -0.25) is 4.79 Å². The van der Waals surface area contributed by atoms with Crippen LogP contribution in [0.1, 0.15) is 17.5 Å². The minimum Gasteiger partial charge on any atom is -0.355 e. The quantitative estimate of drug-likeness (QED) is 0.498. The number of rotatable bonds is 4. The molecule has 0 bridgehead atoms. The van der Waals surface area contributed by atoms with Crippen molar-refractivity contribution in [2.45, 2.75) is 23.8 Å². The van der Waals surface area contributed by atoms with Crippen LogP contribution in [-0.4, -0.2) is 52.7 Å². The van der Waals surface area contributed by atoms with Crippen LogP contribution in [0.5, 0.6) is 0 Å². The lowest BCUT2D eigenvalue weighted by Gasteiger charge is -2.23. The van der Waals surface area contributed by atoms with E-state index in [9.17, 15) is 31.1 Å². The zero-order chi connectivity index (χ0) is 22.6. The molecule has 2 aromatic rings. The molecule has 0 atom stereocenters. The molecule has 3 heterocycles. The highest BCUT2D eigenvalue weighted by molar-refractivity contribution is 7.99. The van der Waals surface area contributed by atoms with Crippen molar-refractivity contribution in [1.29, 1.82) is 0 Å². The van der Waals surface area contributed by atoms with Crippen LogP contribution in [0.3, 0.4) is 0 Å². The highest BCUT2D eigenvalue weighted by atomic mass is 32.2. The van der Waals surface area contributed by atoms with Crippen molar-refractivity contribution in [1.82, 2.24) is 14.9 Å². The minimum absolute atomic E-state index is 0.0247. The number of thioether (sulfide) groups is 1. The Morgan fingerprint density at radius 3 is 2.06 bits per heavy atom. The lowest BCUT2D eigenvalue weighted by Crippen LogP contribution is -2.36. The fourth-order valence-electron chi connectivity index (χ4n) is 3.00. The highest BCUT2D eigenvalue weighted by Crippen LogP contribution is 2.30. The van der Waals surface area contributed by atoms with Gasteiger partial charge < -0.3 is 9.80 Å². The van der Waals surface area contributed by atoms with Gasteiger partial charge in [0.1, 0.15) is 5.82 Å². The third-order valence-electron chi connectivity index (χ3n) is 4.65. The van der Waals surface area contributed by atoms with Gasteiger partial charge in [-0.15, -0.1) is 0 Å². The lowest BCUT2D eigenvalue weighted by atomic mass is 10.2. The SMILES string of the molecule is O=C(CSc1ccc(C(F)(F)F)cn1)N1CCCN(c2ccc(C(F)(F)F)cn2)CC1. The summed E-state index contributed by atoms with van der Waals surface area (Å²) in [5, 5.41) is 0.312. The number of nitrogens with zero attached hydrogens (tertiary/aromatic N) is 4. The molecule has 0 N–H and O–H groups in total. The molecule has 31 heavy (non-hydrogen) atoms. The van der Waals surface area contributed by atoms with Crippen LogP contribution in [0.15, 0.2) is 41.7 Å². The van der Waals surface area contributed by atoms with E-state index >= 15 is 0 Å². The summed E-state index contributed by atoms with van der Waals surface area (Å²) < 4.78 is 75.8. The van der Waals surface area contributed by atoms with Crippen LogP contribution in [0.4, 0.5) is 32.2 Å². The van der Waals surface area contributed by atoms with E-state index in [0.29, 0.717) is 43.4 Å². The monoisotopic (exact) mass is 464 g/mol. The molecule has 168 valence electrons. The molecule has 1 saturated heterocycles. The van der Waals surface area contributed by atoms with Crippen LogP contribution < -0.4 is 4.90 Å². The van der Waals surface area contributed by atoms with E-state index in [1.54, 1.807) is 4.90 Å². The minimum atomic E-state index is -4.47. The molecule has 1 fully saturated rings. The zero-order valence-electron chi connectivity index (χ0n) is 16.1. The molecule has 0 radical (unpaired) electrons. The Morgan fingerprint density at radius 2 is 1.52 bits per heavy atom. The number of hydrogen-bond acceptors (Lipinski definition) is 5. The van der Waals surface area contributed by atoms with Gasteiger partial charge in [-0.05, 0) is 30.7 Å². The zero-order valence-corrected chi connectivity index (χ0v) is 16.9. The molecule has 12 heteroatoms. The van der Waals surface area contributed by atoms with Crippen molar-refractivity contribution in [3.8, 4) is 0 Å². The number of carbonyl (C=O) groups excluding carboxylic acids is 1. The highest BCUT2D eigenvalue weighted by Gasteiger charge is 2.31. The second kappa shape index (κ2) is 9.33. The summed E-state index contributed by atoms with van der Waals surface area (Å²) in [7, 11) is 0. The predicted octanol–water partition coefficient (Wildman–Crippen LogP) is 4.35. The standard InChI is InChI=1S/C19H18F6N4OS/c20-18(21,22)13-2-4-15(26-10-13)28-6-1-7-29(9-8-28)17(30)12-31-16-5-3-14(11-27-16)19(23,24)25/h2-5,10-11H,1,6-9,12H2. The first-order chi connectivity index (χ1) is 14.5. The van der Waals surface area contributed by atoms with E-state index < -0.39 is 23.5 Å². The van der Waals surface area contributed by atoms with Crippen LogP contribution >= 0.6 is 11.8 Å². The van der Waals surface area contributed by atoms with Crippen molar-refractivity contribution in [2.75, 3.05) is 36.8 Å². The predicted molar refractivity (Wildman–Crippen MR) is 103 cm³/mol. The van der Waals surface area contributed by atoms with E-state index in [1.807, 2.05) is 4.90 Å². The van der Waals surface area contributed by atoms with Crippen LogP contribution in [0.2, 0.25) is 0 Å². The second-order valence-corrected chi connectivity index (χ2v) is 7.79. The molecular weight excluding hydrogens is 446 g/mol. The summed E-state index contributed by atoms with van der Waals surface area (Å²) in [5.41, 5.74) is -1.68. The van der Waals surface area contributed by atoms with Crippen LogP contribution in [0, 0.1) is 0 Å². The molecule has 0 unspecified atom stereocenters. The van der Waals surface area contributed by atoms with Crippen LogP contribution in [-0.2, 0) is 17.1 Å². The molecule has 0 saturated carbocycles. The summed E-state index contributed by atoms with van der Waals surface area (Å²) >= 11 is 1.05. The number of amides is 1. The van der Waals surface area contributed by atoms with E-state index in [0.717, 1.165) is 36.3 Å². The Kier molecular flexibility index (Phi) is 6.97. The number of carbonyl (C=O) groups is 1. The maximum atomic E-state index is 12.7. The Bertz CT molecular complexity index is 886. The van der Waals surface area contributed by atoms with Crippen LogP contribution in [0.25, 0.3) is 0 Å². The average molecular weight is 464 g/mol. The van der Waals surface area contributed by atoms with E-state index in [2.05, 4.69) is 9.97 Å². The first-order valence-electron chi connectivity index (χ1n) is 9.26. The normalized spacial score (nSPS) is 15.7. The van der Waals surface area contributed by atoms with Crippen molar-refractivity contribution >= 4 is 23.5 Å². The van der Waals surface area contributed by atoms with Crippen molar-refractivity contribution in [3.63, 3.8) is 0 Å². The molecular formula is C19H18F6N4OS. The Morgan fingerprint density at radius 1 is 0.871 bits per heavy atom. The Hall–Kier alpha value is -2.50. The summed E-state index contributed by atoms with van der Waals surface area (Å²) in [6.45, 7) is 1.78. The fourth-order valence-corrected chi connectivity index (χ4v) is 3.74. The van der Waals surface area contributed by atoms with E-state index in [-0.39, 0.29) is 11.7 Å². The molecule has 1 amide bonds. The van der Waals surface area contributed by atoms with Gasteiger partial charge in [0, 0.05) is 38.6 Å². The van der Waals surface area contributed by atoms with Gasteiger partial charge in [-0.1, -0.05) is 11.8 Å². The van der Waals surface area contributed by atoms with Gasteiger partial charge in [-0.2, -0.15) is 26.3 Å². The first kappa shape index (κ1) is 23.2. The topological polar surface area (TPSA) is 49.3 Å². The molecule has 0 aliphatic carbocycles. The number of aromatic nitrogens is 2. The van der Waals surface area contributed by atoms with Gasteiger partial charge in [0.25, 0.3) is 0 Å². The number of pyridine rings is 2. The lowest BCUT2D eigenvalue weighted by molar-refractivity contribution is -0.138. The van der Waals surface area contributed by atoms with Crippen molar-refractivity contribution in [2.24, 2.45) is 0 Å². The van der Waals surface area contributed by atoms with E-state index in [1.165, 1.54) is 12.1 Å². The second-order valence-electron chi connectivity index (χ2n) is 6.80. The fraction of sp³-hybridized carbons (Fsp3) is 0.421. The number of alkyl halides is 6. The summed E-state index contributed by atoms with van der Waals surface area (Å²) in [5.74, 6) is 0.247. The molecule has 1 aliphatic rings. The van der Waals surface area contributed by atoms with Crippen molar-refractivity contribution in [3.05, 3.63) is 47.8 Å². The summed E-state index contributed by atoms with van der Waals surface area (Å²) in [6.07, 6.45) is -6.79. The largest absolute Gasteiger partial charge is 0.417 e. The first-order valence-corrected chi connectivity index (χ1v) is 10.2. The molecule has 2 aromatic heterocycles. The molecule has 0 aromatic carbocycles. The molecule has 3 rings (SSSR count). The number of anilines is 1. The van der Waals surface area contributed by atoms with Gasteiger partial charge in [0.2, 0.25) is 5.91 Å². The molecule has 5 nitrogen and oxygen atoms in total. The van der Waals surface area contributed by atoms with Gasteiger partial charge >= 0.3 is 12.4 Å². The Labute approximate surface area is 178 Å². The number of hydrogen-bond donors (Lipinski definition) is 0. The smallest absolute Gasteiger partial charge is 0.355 e. The van der Waals surface area contributed by atoms with Gasteiger partial charge in [0.05, 0.1) is 21.9 Å². The average Bonchev–Trinajstić information content (AvgIpc) is 2.97. The number of halogens is 6. The van der Waals surface area contributed by atoms with Gasteiger partial charge in [-0.25, -0.2) is 9.97 Å². The van der Waals surface area contributed by atoms with E-state index in [4.69, 9.17) is 0 Å². The maximum Gasteiger partial charge on any atom is 0.417 e. The summed E-state index contributed by atoms with van der Waals surface area (Å²) in [4.78, 5) is 23.6. The van der Waals surface area contributed by atoms with Gasteiger partial charge in [0.15, 0.2) is 0 Å². The Balaban J connectivity index is 1.52. The molecule has 1 aliphatic heterocycles. The maximum absolute atomic E-state index is 12.7.